The van der Waals surface area contributed by atoms with Crippen molar-refractivity contribution < 1.29 is 14.2 Å². The molecule has 38 heavy (non-hydrogen) atoms. The number of fused-ring (bicyclic) bond motifs is 2. The molecular weight excluding hydrogens is 506 g/mol. The normalized spacial score (nSPS) is 20.7. The van der Waals surface area contributed by atoms with Crippen LogP contribution in [0.25, 0.3) is 39.0 Å². The van der Waals surface area contributed by atoms with E-state index in [0.717, 1.165) is 45.4 Å². The zero-order valence-corrected chi connectivity index (χ0v) is 20.9. The summed E-state index contributed by atoms with van der Waals surface area (Å²) in [7, 11) is 0. The predicted molar refractivity (Wildman–Crippen MR) is 144 cm³/mol. The third kappa shape index (κ3) is 4.03. The average Bonchev–Trinajstić information content (AvgIpc) is 3.69. The number of nitrogens with zero attached hydrogens (tertiary/aromatic N) is 4. The van der Waals surface area contributed by atoms with E-state index in [9.17, 15) is 0 Å². The Morgan fingerprint density at radius 2 is 1.68 bits per heavy atom. The van der Waals surface area contributed by atoms with Crippen LogP contribution >= 0.6 is 11.6 Å². The number of H-pyrrole nitrogens is 1. The van der Waals surface area contributed by atoms with Crippen molar-refractivity contribution in [2.24, 2.45) is 0 Å². The molecule has 0 amide bonds. The average molecular weight is 530 g/mol. The summed E-state index contributed by atoms with van der Waals surface area (Å²) in [5, 5.41) is 4.74. The fraction of sp³-hybridized carbons (Fsp3) is 0.222. The minimum absolute atomic E-state index is 0.0448. The smallest absolute Gasteiger partial charge is 0.295 e. The van der Waals surface area contributed by atoms with Gasteiger partial charge in [0.05, 0.1) is 34.5 Å². The summed E-state index contributed by atoms with van der Waals surface area (Å²) in [6, 6.07) is 20.3. The number of anilines is 2. The van der Waals surface area contributed by atoms with Gasteiger partial charge in [0.25, 0.3) is 6.01 Å². The van der Waals surface area contributed by atoms with Crippen molar-refractivity contribution in [2.75, 3.05) is 24.7 Å². The van der Waals surface area contributed by atoms with E-state index >= 15 is 0 Å². The fourth-order valence-corrected chi connectivity index (χ4v) is 5.40. The second-order valence-electron chi connectivity index (χ2n) is 9.41. The molecule has 3 aromatic carbocycles. The van der Waals surface area contributed by atoms with Gasteiger partial charge in [0.2, 0.25) is 11.9 Å². The maximum absolute atomic E-state index is 6.68. The lowest BCUT2D eigenvalue weighted by Gasteiger charge is -2.15. The Hall–Kier alpha value is -4.12. The summed E-state index contributed by atoms with van der Waals surface area (Å²) in [6.07, 6.45) is 0.794. The molecule has 0 bridgehead atoms. The number of hydrogen-bond acceptors (Lipinski definition) is 8. The Morgan fingerprint density at radius 1 is 0.947 bits per heavy atom. The molecule has 0 saturated carbocycles. The summed E-state index contributed by atoms with van der Waals surface area (Å²) in [6.45, 7) is 1.20. The number of nitrogen functional groups attached to an aromatic ring is 2. The highest BCUT2D eigenvalue weighted by atomic mass is 35.5. The molecule has 2 aromatic heterocycles. The van der Waals surface area contributed by atoms with Gasteiger partial charge in [0.15, 0.2) is 6.10 Å². The highest BCUT2D eigenvalue weighted by molar-refractivity contribution is 6.34. The third-order valence-corrected chi connectivity index (χ3v) is 7.33. The topological polar surface area (TPSA) is 139 Å². The van der Waals surface area contributed by atoms with Gasteiger partial charge in [0.1, 0.15) is 6.10 Å². The van der Waals surface area contributed by atoms with E-state index in [2.05, 4.69) is 32.2 Å². The Balaban J connectivity index is 1.11. The lowest BCUT2D eigenvalue weighted by Crippen LogP contribution is -2.32. The number of nitrogens with one attached hydrogen (secondary N) is 1. The van der Waals surface area contributed by atoms with Gasteiger partial charge in [-0.2, -0.15) is 14.6 Å². The van der Waals surface area contributed by atoms with Crippen molar-refractivity contribution in [1.82, 2.24) is 24.7 Å². The van der Waals surface area contributed by atoms with Crippen LogP contribution in [0.3, 0.4) is 0 Å². The number of ether oxygens (including phenoxy) is 3. The largest absolute Gasteiger partial charge is 0.456 e. The maximum Gasteiger partial charge on any atom is 0.295 e. The fourth-order valence-electron chi connectivity index (χ4n) is 5.13. The molecular formula is C27H24ClN7O3. The quantitative estimate of drug-likeness (QED) is 0.307. The Labute approximate surface area is 222 Å². The van der Waals surface area contributed by atoms with Crippen LogP contribution in [-0.2, 0) is 9.47 Å². The van der Waals surface area contributed by atoms with E-state index in [1.807, 2.05) is 48.5 Å². The predicted octanol–water partition coefficient (Wildman–Crippen LogP) is 4.23. The van der Waals surface area contributed by atoms with E-state index in [-0.39, 0.29) is 30.2 Å². The number of hydrogen-bond donors (Lipinski definition) is 3. The Kier molecular flexibility index (Phi) is 5.46. The molecule has 2 aliphatic rings. The number of rotatable bonds is 5. The highest BCUT2D eigenvalue weighted by Crippen LogP contribution is 2.35. The van der Waals surface area contributed by atoms with E-state index in [4.69, 9.17) is 37.3 Å². The van der Waals surface area contributed by atoms with Crippen LogP contribution in [0.4, 0.5) is 11.9 Å². The molecule has 5 aromatic rings. The van der Waals surface area contributed by atoms with Crippen LogP contribution in [0.5, 0.6) is 6.01 Å². The SMILES string of the molecule is Nc1nc(N)n(-c2ccc(-c3ccc(-c4cc5nc(OC6CO[C@@H]7CCO[C@H]67)[nH]c5cc4Cl)cc3)cc2)n1. The van der Waals surface area contributed by atoms with Gasteiger partial charge < -0.3 is 30.7 Å². The first kappa shape index (κ1) is 23.0. The van der Waals surface area contributed by atoms with E-state index in [1.165, 1.54) is 4.68 Å². The molecule has 10 nitrogen and oxygen atoms in total. The van der Waals surface area contributed by atoms with Gasteiger partial charge in [0, 0.05) is 12.2 Å². The second kappa shape index (κ2) is 9.02. The number of nitrogens with two attached hydrogens (primary N) is 2. The molecule has 192 valence electrons. The van der Waals surface area contributed by atoms with Crippen LogP contribution in [0.2, 0.25) is 5.02 Å². The van der Waals surface area contributed by atoms with Crippen LogP contribution in [-0.4, -0.2) is 56.3 Å². The van der Waals surface area contributed by atoms with Crippen LogP contribution in [0, 0.1) is 0 Å². The van der Waals surface area contributed by atoms with Gasteiger partial charge in [-0.15, -0.1) is 5.10 Å². The summed E-state index contributed by atoms with van der Waals surface area (Å²) in [5.74, 6) is 0.380. The maximum atomic E-state index is 6.68. The highest BCUT2D eigenvalue weighted by Gasteiger charge is 2.43. The second-order valence-corrected chi connectivity index (χ2v) is 9.81. The van der Waals surface area contributed by atoms with Crippen LogP contribution in [0.1, 0.15) is 6.42 Å². The molecule has 2 aliphatic heterocycles. The molecule has 11 heteroatoms. The van der Waals surface area contributed by atoms with Gasteiger partial charge in [-0.25, -0.2) is 0 Å². The zero-order chi connectivity index (χ0) is 25.8. The van der Waals surface area contributed by atoms with Crippen molar-refractivity contribution in [3.05, 3.63) is 65.7 Å². The van der Waals surface area contributed by atoms with E-state index in [0.29, 0.717) is 24.2 Å². The van der Waals surface area contributed by atoms with Gasteiger partial charge in [-0.1, -0.05) is 48.0 Å². The summed E-state index contributed by atoms with van der Waals surface area (Å²) in [5.41, 5.74) is 17.9. The first-order valence-corrected chi connectivity index (χ1v) is 12.7. The molecule has 0 aliphatic carbocycles. The lowest BCUT2D eigenvalue weighted by molar-refractivity contribution is 0.0273. The Bertz CT molecular complexity index is 1630. The van der Waals surface area contributed by atoms with Gasteiger partial charge in [-0.05, 0) is 47.4 Å². The van der Waals surface area contributed by atoms with Gasteiger partial charge >= 0.3 is 0 Å². The molecule has 7 rings (SSSR count). The minimum atomic E-state index is -0.175. The number of halogens is 1. The first-order chi connectivity index (χ1) is 18.5. The third-order valence-electron chi connectivity index (χ3n) is 7.02. The van der Waals surface area contributed by atoms with Crippen molar-refractivity contribution in [2.45, 2.75) is 24.7 Å². The van der Waals surface area contributed by atoms with Crippen LogP contribution < -0.4 is 16.2 Å². The lowest BCUT2D eigenvalue weighted by atomic mass is 10.00. The molecule has 0 spiro atoms. The minimum Gasteiger partial charge on any atom is -0.456 e. The van der Waals surface area contributed by atoms with Crippen LogP contribution in [0.15, 0.2) is 60.7 Å². The zero-order valence-electron chi connectivity index (χ0n) is 20.2. The summed E-state index contributed by atoms with van der Waals surface area (Å²) >= 11 is 6.68. The molecule has 4 heterocycles. The molecule has 2 fully saturated rings. The van der Waals surface area contributed by atoms with E-state index < -0.39 is 0 Å². The van der Waals surface area contributed by atoms with Crippen molar-refractivity contribution >= 4 is 34.5 Å². The first-order valence-electron chi connectivity index (χ1n) is 12.3. The Morgan fingerprint density at radius 3 is 2.42 bits per heavy atom. The molecule has 2 saturated heterocycles. The molecule has 1 unspecified atom stereocenters. The molecule has 0 radical (unpaired) electrons. The van der Waals surface area contributed by atoms with Crippen molar-refractivity contribution in [3.8, 4) is 34.0 Å². The van der Waals surface area contributed by atoms with Crippen molar-refractivity contribution in [3.63, 3.8) is 0 Å². The number of aromatic nitrogens is 5. The number of benzene rings is 3. The van der Waals surface area contributed by atoms with Gasteiger partial charge in [-0.3, -0.25) is 0 Å². The summed E-state index contributed by atoms with van der Waals surface area (Å²) < 4.78 is 19.1. The monoisotopic (exact) mass is 529 g/mol. The summed E-state index contributed by atoms with van der Waals surface area (Å²) in [4.78, 5) is 11.8. The molecule has 5 N–H and O–H groups in total. The number of aromatic amines is 1. The molecule has 3 atom stereocenters. The van der Waals surface area contributed by atoms with E-state index in [1.54, 1.807) is 0 Å². The number of imidazole rings is 1. The van der Waals surface area contributed by atoms with Crippen molar-refractivity contribution in [1.29, 1.82) is 0 Å². The standard InChI is InChI=1S/C27H24ClN7O3/c28-19-12-21-20(31-27(32-21)38-23-13-37-22-9-10-36-24(22)23)11-18(19)16-3-1-14(2-4-16)15-5-7-17(8-6-15)35-26(30)33-25(29)34-35/h1-8,11-12,22-24H,9-10,13H2,(H,31,32)(H4,29,30,33,34)/t22-,23?,24+/m1/s1.